The van der Waals surface area contributed by atoms with E-state index >= 15 is 0 Å². The van der Waals surface area contributed by atoms with Crippen LogP contribution < -0.4 is 5.32 Å². The number of amides is 1. The van der Waals surface area contributed by atoms with E-state index in [4.69, 9.17) is 9.84 Å². The fraction of sp³-hybridized carbons (Fsp3) is 0.846. The first-order chi connectivity index (χ1) is 8.65. The van der Waals surface area contributed by atoms with E-state index in [9.17, 15) is 9.59 Å². The molecule has 1 unspecified atom stereocenters. The second-order valence-corrected chi connectivity index (χ2v) is 5.85. The van der Waals surface area contributed by atoms with Gasteiger partial charge >= 0.3 is 5.97 Å². The Hall–Kier alpha value is -1.10. The summed E-state index contributed by atoms with van der Waals surface area (Å²) in [6.07, 6.45) is 3.33. The van der Waals surface area contributed by atoms with Crippen LogP contribution in [0.25, 0.3) is 0 Å². The summed E-state index contributed by atoms with van der Waals surface area (Å²) in [5.41, 5.74) is 0. The Morgan fingerprint density at radius 3 is 2.61 bits per heavy atom. The number of carboxylic acid groups (broad SMARTS) is 1. The van der Waals surface area contributed by atoms with Crippen molar-refractivity contribution in [3.63, 3.8) is 0 Å². The van der Waals surface area contributed by atoms with Crippen LogP contribution in [-0.2, 0) is 14.3 Å². The number of hydrogen-bond acceptors (Lipinski definition) is 3. The Morgan fingerprint density at radius 2 is 1.94 bits per heavy atom. The van der Waals surface area contributed by atoms with E-state index in [1.807, 2.05) is 0 Å². The Kier molecular flexibility index (Phi) is 3.01. The van der Waals surface area contributed by atoms with Gasteiger partial charge in [-0.3, -0.25) is 4.79 Å². The molecule has 5 heteroatoms. The highest BCUT2D eigenvalue weighted by atomic mass is 16.5. The predicted molar refractivity (Wildman–Crippen MR) is 62.8 cm³/mol. The van der Waals surface area contributed by atoms with Crippen LogP contribution in [0.2, 0.25) is 0 Å². The van der Waals surface area contributed by atoms with Crippen LogP contribution in [0.4, 0.5) is 0 Å². The Labute approximate surface area is 106 Å². The summed E-state index contributed by atoms with van der Waals surface area (Å²) in [7, 11) is 0. The van der Waals surface area contributed by atoms with Crippen LogP contribution >= 0.6 is 0 Å². The molecule has 3 rings (SSSR count). The van der Waals surface area contributed by atoms with Crippen LogP contribution in [-0.4, -0.2) is 36.2 Å². The monoisotopic (exact) mass is 253 g/mol. The minimum absolute atomic E-state index is 0.0811. The maximum Gasteiger partial charge on any atom is 0.333 e. The molecule has 1 heterocycles. The van der Waals surface area contributed by atoms with Crippen LogP contribution in [0.15, 0.2) is 0 Å². The molecule has 1 aliphatic heterocycles. The maximum atomic E-state index is 11.9. The van der Waals surface area contributed by atoms with Crippen LogP contribution in [0.3, 0.4) is 0 Å². The number of rotatable bonds is 4. The average molecular weight is 253 g/mol. The zero-order chi connectivity index (χ0) is 12.7. The molecule has 2 saturated carbocycles. The second kappa shape index (κ2) is 4.53. The van der Waals surface area contributed by atoms with Gasteiger partial charge in [0.15, 0.2) is 6.10 Å². The molecule has 0 aromatic heterocycles. The standard InChI is InChI=1S/C13H19NO4/c15-12(10-4-8-3-9(8)5-10)14-6-7-1-2-18-11(7)13(16)17/h7-11H,1-6H2,(H,14,15)(H,16,17)/t7-,8-,9+,10?,11-/m1/s1. The van der Waals surface area contributed by atoms with Crippen LogP contribution in [0.1, 0.15) is 25.7 Å². The molecule has 5 nitrogen and oxygen atoms in total. The van der Waals surface area contributed by atoms with Crippen molar-refractivity contribution in [1.29, 1.82) is 0 Å². The summed E-state index contributed by atoms with van der Waals surface area (Å²) in [5.74, 6) is 0.860. The Morgan fingerprint density at radius 1 is 1.22 bits per heavy atom. The summed E-state index contributed by atoms with van der Waals surface area (Å²) in [6.45, 7) is 0.909. The van der Waals surface area contributed by atoms with Gasteiger partial charge in [0, 0.05) is 25.0 Å². The normalized spacial score (nSPS) is 41.4. The highest BCUT2D eigenvalue weighted by Gasteiger charge is 2.48. The molecule has 3 fully saturated rings. The molecule has 5 atom stereocenters. The lowest BCUT2D eigenvalue weighted by atomic mass is 9.99. The van der Waals surface area contributed by atoms with E-state index in [0.717, 1.165) is 24.7 Å². The molecular weight excluding hydrogens is 234 g/mol. The molecule has 0 radical (unpaired) electrons. The first-order valence-corrected chi connectivity index (χ1v) is 6.77. The van der Waals surface area contributed by atoms with Gasteiger partial charge in [0.05, 0.1) is 0 Å². The molecule has 2 aliphatic carbocycles. The molecular formula is C13H19NO4. The number of nitrogens with one attached hydrogen (secondary N) is 1. The van der Waals surface area contributed by atoms with Crippen molar-refractivity contribution in [3.05, 3.63) is 0 Å². The topological polar surface area (TPSA) is 75.6 Å². The largest absolute Gasteiger partial charge is 0.479 e. The third-order valence-corrected chi connectivity index (χ3v) is 4.61. The van der Waals surface area contributed by atoms with Crippen LogP contribution in [0.5, 0.6) is 0 Å². The van der Waals surface area contributed by atoms with Crippen molar-refractivity contribution in [2.45, 2.75) is 31.8 Å². The van der Waals surface area contributed by atoms with Gasteiger partial charge in [-0.05, 0) is 37.5 Å². The number of ether oxygens (including phenoxy) is 1. The third kappa shape index (κ3) is 2.23. The molecule has 0 aromatic rings. The molecule has 0 spiro atoms. The highest BCUT2D eigenvalue weighted by molar-refractivity contribution is 5.79. The summed E-state index contributed by atoms with van der Waals surface area (Å²) < 4.78 is 5.16. The van der Waals surface area contributed by atoms with Gasteiger partial charge in [-0.25, -0.2) is 4.79 Å². The number of carboxylic acids is 1. The van der Waals surface area contributed by atoms with Crippen molar-refractivity contribution in [1.82, 2.24) is 5.32 Å². The smallest absolute Gasteiger partial charge is 0.333 e. The van der Waals surface area contributed by atoms with Crippen molar-refractivity contribution < 1.29 is 19.4 Å². The van der Waals surface area contributed by atoms with E-state index < -0.39 is 12.1 Å². The first-order valence-electron chi connectivity index (χ1n) is 6.77. The zero-order valence-corrected chi connectivity index (χ0v) is 10.3. The molecule has 100 valence electrons. The van der Waals surface area contributed by atoms with E-state index in [1.54, 1.807) is 0 Å². The minimum atomic E-state index is -0.922. The quantitative estimate of drug-likeness (QED) is 0.771. The van der Waals surface area contributed by atoms with Crippen LogP contribution in [0, 0.1) is 23.7 Å². The summed E-state index contributed by atoms with van der Waals surface area (Å²) in [4.78, 5) is 22.9. The Balaban J connectivity index is 1.45. The number of carbonyl (C=O) groups is 2. The summed E-state index contributed by atoms with van der Waals surface area (Å²) in [6, 6.07) is 0. The lowest BCUT2D eigenvalue weighted by molar-refractivity contribution is -0.149. The predicted octanol–water partition coefficient (Wildman–Crippen LogP) is 0.638. The van der Waals surface area contributed by atoms with Gasteiger partial charge in [-0.2, -0.15) is 0 Å². The Bertz CT molecular complexity index is 360. The number of carbonyl (C=O) groups excluding carboxylic acids is 1. The summed E-state index contributed by atoms with van der Waals surface area (Å²) in [5, 5.41) is 11.9. The number of fused-ring (bicyclic) bond motifs is 1. The molecule has 1 saturated heterocycles. The van der Waals surface area contributed by atoms with Gasteiger partial charge in [-0.15, -0.1) is 0 Å². The van der Waals surface area contributed by atoms with E-state index in [2.05, 4.69) is 5.32 Å². The molecule has 18 heavy (non-hydrogen) atoms. The number of aliphatic carboxylic acids is 1. The highest BCUT2D eigenvalue weighted by Crippen LogP contribution is 2.54. The lowest BCUT2D eigenvalue weighted by Gasteiger charge is -2.17. The van der Waals surface area contributed by atoms with Gasteiger partial charge < -0.3 is 15.2 Å². The zero-order valence-electron chi connectivity index (χ0n) is 10.3. The fourth-order valence-corrected chi connectivity index (χ4v) is 3.42. The molecule has 2 N–H and O–H groups in total. The minimum Gasteiger partial charge on any atom is -0.479 e. The second-order valence-electron chi connectivity index (χ2n) is 5.85. The van der Waals surface area contributed by atoms with Crippen molar-refractivity contribution >= 4 is 11.9 Å². The molecule has 0 aromatic carbocycles. The molecule has 1 amide bonds. The number of hydrogen-bond donors (Lipinski definition) is 2. The first kappa shape index (κ1) is 12.0. The van der Waals surface area contributed by atoms with Gasteiger partial charge in [0.1, 0.15) is 0 Å². The third-order valence-electron chi connectivity index (χ3n) is 4.61. The maximum absolute atomic E-state index is 11.9. The SMILES string of the molecule is O=C(NC[C@H]1CCO[C@H]1C(=O)O)C1C[C@@H]2C[C@@H]2C1. The van der Waals surface area contributed by atoms with E-state index in [-0.39, 0.29) is 17.7 Å². The molecule has 3 aliphatic rings. The lowest BCUT2D eigenvalue weighted by Crippen LogP contribution is -2.38. The average Bonchev–Trinajstić information content (AvgIpc) is 2.82. The van der Waals surface area contributed by atoms with Gasteiger partial charge in [0.2, 0.25) is 5.91 Å². The van der Waals surface area contributed by atoms with E-state index in [1.165, 1.54) is 6.42 Å². The fourth-order valence-electron chi connectivity index (χ4n) is 3.42. The van der Waals surface area contributed by atoms with Crippen molar-refractivity contribution in [2.24, 2.45) is 23.7 Å². The van der Waals surface area contributed by atoms with Crippen molar-refractivity contribution in [3.8, 4) is 0 Å². The van der Waals surface area contributed by atoms with Crippen molar-refractivity contribution in [2.75, 3.05) is 13.2 Å². The summed E-state index contributed by atoms with van der Waals surface area (Å²) >= 11 is 0. The van der Waals surface area contributed by atoms with E-state index in [0.29, 0.717) is 19.6 Å². The molecule has 0 bridgehead atoms. The van der Waals surface area contributed by atoms with Gasteiger partial charge in [0.25, 0.3) is 0 Å². The van der Waals surface area contributed by atoms with Gasteiger partial charge in [-0.1, -0.05) is 0 Å².